The van der Waals surface area contributed by atoms with Gasteiger partial charge < -0.3 is 4.90 Å². The molecule has 10 nitrogen and oxygen atoms in total. The van der Waals surface area contributed by atoms with Crippen molar-refractivity contribution in [1.82, 2.24) is 24.2 Å². The number of benzene rings is 3. The molecule has 0 atom stereocenters. The quantitative estimate of drug-likeness (QED) is 0.186. The molecule has 0 aliphatic carbocycles. The number of anilines is 2. The van der Waals surface area contributed by atoms with Gasteiger partial charge in [-0.15, -0.1) is 0 Å². The summed E-state index contributed by atoms with van der Waals surface area (Å²) in [5, 5.41) is 3.28. The molecule has 3 aromatic carbocycles. The molecule has 0 fully saturated rings. The van der Waals surface area contributed by atoms with Gasteiger partial charge in [-0.05, 0) is 47.9 Å². The van der Waals surface area contributed by atoms with E-state index >= 15 is 0 Å². The Morgan fingerprint density at radius 3 is 2.09 bits per heavy atom. The van der Waals surface area contributed by atoms with Crippen molar-refractivity contribution in [3.8, 4) is 11.4 Å². The van der Waals surface area contributed by atoms with Crippen molar-refractivity contribution >= 4 is 38.4 Å². The number of sulfonamides is 1. The number of hydrogen-bond acceptors (Lipinski definition) is 8. The van der Waals surface area contributed by atoms with Gasteiger partial charge >= 0.3 is 6.03 Å². The summed E-state index contributed by atoms with van der Waals surface area (Å²) in [6, 6.07) is 28.8. The molecule has 0 saturated carbocycles. The molecule has 0 aliphatic rings. The van der Waals surface area contributed by atoms with E-state index in [-0.39, 0.29) is 11.9 Å². The van der Waals surface area contributed by atoms with Gasteiger partial charge in [-0.2, -0.15) is 9.36 Å². The lowest BCUT2D eigenvalue weighted by molar-refractivity contribution is 0.210. The topological polar surface area (TPSA) is 130 Å². The van der Waals surface area contributed by atoms with E-state index in [1.165, 1.54) is 11.1 Å². The van der Waals surface area contributed by atoms with E-state index in [9.17, 15) is 13.2 Å². The smallest absolute Gasteiger partial charge is 0.323 e. The summed E-state index contributed by atoms with van der Waals surface area (Å²) < 4.78 is 29.8. The maximum atomic E-state index is 13.6. The second kappa shape index (κ2) is 14.0. The highest BCUT2D eigenvalue weighted by Gasteiger charge is 2.21. The first kappa shape index (κ1) is 29.8. The third kappa shape index (κ3) is 8.66. The Labute approximate surface area is 255 Å². The minimum absolute atomic E-state index is 0.110. The van der Waals surface area contributed by atoms with Crippen LogP contribution in [-0.2, 0) is 16.4 Å². The molecule has 220 valence electrons. The number of hydrogen-bond donors (Lipinski definition) is 2. The van der Waals surface area contributed by atoms with Gasteiger partial charge in [0, 0.05) is 60.6 Å². The van der Waals surface area contributed by atoms with Crippen molar-refractivity contribution < 1.29 is 13.2 Å². The molecule has 5 rings (SSSR count). The number of rotatable bonds is 12. The Bertz CT molecular complexity index is 1680. The highest BCUT2D eigenvalue weighted by atomic mass is 32.2. The molecule has 0 radical (unpaired) electrons. The van der Waals surface area contributed by atoms with Crippen LogP contribution in [0.3, 0.4) is 0 Å². The number of aromatic nitrogens is 4. The van der Waals surface area contributed by atoms with E-state index in [1.807, 2.05) is 36.4 Å². The van der Waals surface area contributed by atoms with Crippen LogP contribution in [0.15, 0.2) is 103 Å². The summed E-state index contributed by atoms with van der Waals surface area (Å²) in [6.45, 7) is 0.917. The van der Waals surface area contributed by atoms with E-state index in [4.69, 9.17) is 0 Å². The number of nitrogens with zero attached hydrogens (tertiary/aromatic N) is 5. The Balaban J connectivity index is 1.31. The van der Waals surface area contributed by atoms with Gasteiger partial charge in [0.25, 0.3) is 0 Å². The molecule has 0 bridgehead atoms. The Morgan fingerprint density at radius 1 is 0.860 bits per heavy atom. The zero-order chi connectivity index (χ0) is 30.1. The van der Waals surface area contributed by atoms with Crippen molar-refractivity contribution in [2.45, 2.75) is 18.8 Å². The van der Waals surface area contributed by atoms with Crippen molar-refractivity contribution in [1.29, 1.82) is 0 Å². The molecular weight excluding hydrogens is 583 g/mol. The first-order chi connectivity index (χ1) is 20.8. The first-order valence-corrected chi connectivity index (χ1v) is 16.3. The molecular formula is C31H31N7O3S2. The lowest BCUT2D eigenvalue weighted by Gasteiger charge is -2.26. The summed E-state index contributed by atoms with van der Waals surface area (Å²) in [6.07, 6.45) is 5.70. The van der Waals surface area contributed by atoms with Crippen molar-refractivity contribution in [3.63, 3.8) is 0 Å². The second-order valence-corrected chi connectivity index (χ2v) is 12.4. The summed E-state index contributed by atoms with van der Waals surface area (Å²) in [4.78, 5) is 28.5. The fraction of sp³-hybridized carbons (Fsp3) is 0.194. The minimum Gasteiger partial charge on any atom is -0.324 e. The van der Waals surface area contributed by atoms with Crippen molar-refractivity contribution in [2.24, 2.45) is 0 Å². The number of nitrogens with one attached hydrogen (secondary N) is 2. The number of urea groups is 1. The number of amides is 2. The fourth-order valence-corrected chi connectivity index (χ4v) is 5.80. The zero-order valence-corrected chi connectivity index (χ0v) is 25.1. The van der Waals surface area contributed by atoms with Crippen LogP contribution in [0.25, 0.3) is 11.4 Å². The first-order valence-electron chi connectivity index (χ1n) is 13.7. The Hall–Kier alpha value is -4.68. The van der Waals surface area contributed by atoms with Crippen LogP contribution in [0.1, 0.15) is 29.3 Å². The Kier molecular flexibility index (Phi) is 9.70. The standard InChI is InChI=1S/C31H31N7O3S2/c1-43(40,41)37-26-15-13-25(14-16-26)29-34-30(42-36-29)35-31(39)38(22-18-28-32-19-8-20-33-28)21-17-27(23-9-4-2-5-10-23)24-11-6-3-7-12-24/h2-16,19-20,27,37H,17-18,21-22H2,1H3,(H,34,35,36,39). The van der Waals surface area contributed by atoms with E-state index in [2.05, 4.69) is 53.6 Å². The molecule has 0 aliphatic heterocycles. The molecule has 0 saturated heterocycles. The molecule has 0 unspecified atom stereocenters. The van der Waals surface area contributed by atoms with E-state index in [1.54, 1.807) is 47.6 Å². The van der Waals surface area contributed by atoms with Gasteiger partial charge in [0.1, 0.15) is 5.82 Å². The third-order valence-electron chi connectivity index (χ3n) is 6.69. The summed E-state index contributed by atoms with van der Waals surface area (Å²) >= 11 is 1.08. The van der Waals surface area contributed by atoms with Gasteiger partial charge in [0.05, 0.1) is 6.26 Å². The molecule has 5 aromatic rings. The maximum Gasteiger partial charge on any atom is 0.323 e. The lowest BCUT2D eigenvalue weighted by Crippen LogP contribution is -2.38. The largest absolute Gasteiger partial charge is 0.324 e. The average molecular weight is 614 g/mol. The average Bonchev–Trinajstić information content (AvgIpc) is 3.48. The molecule has 0 spiro atoms. The van der Waals surface area contributed by atoms with Crippen molar-refractivity contribution in [2.75, 3.05) is 29.4 Å². The minimum atomic E-state index is -3.38. The normalized spacial score (nSPS) is 11.3. The van der Waals surface area contributed by atoms with Gasteiger partial charge in [-0.25, -0.2) is 23.2 Å². The molecule has 2 heterocycles. The third-order valence-corrected chi connectivity index (χ3v) is 7.93. The molecule has 2 amide bonds. The van der Waals surface area contributed by atoms with Crippen LogP contribution in [0.4, 0.5) is 15.6 Å². The van der Waals surface area contributed by atoms with Gasteiger partial charge in [-0.3, -0.25) is 10.0 Å². The molecule has 12 heteroatoms. The summed E-state index contributed by atoms with van der Waals surface area (Å²) in [7, 11) is -3.38. The fourth-order valence-electron chi connectivity index (χ4n) is 4.65. The molecule has 2 N–H and O–H groups in total. The molecule has 43 heavy (non-hydrogen) atoms. The summed E-state index contributed by atoms with van der Waals surface area (Å²) in [5.74, 6) is 1.21. The van der Waals surface area contributed by atoms with Crippen LogP contribution >= 0.6 is 11.5 Å². The van der Waals surface area contributed by atoms with Gasteiger partial charge in [0.15, 0.2) is 5.82 Å². The highest BCUT2D eigenvalue weighted by molar-refractivity contribution is 7.92. The number of carbonyl (C=O) groups is 1. The van der Waals surface area contributed by atoms with Crippen LogP contribution in [0.5, 0.6) is 0 Å². The molecule has 2 aromatic heterocycles. The second-order valence-electron chi connectivity index (χ2n) is 9.87. The highest BCUT2D eigenvalue weighted by Crippen LogP contribution is 2.29. The monoisotopic (exact) mass is 613 g/mol. The van der Waals surface area contributed by atoms with Crippen LogP contribution < -0.4 is 10.0 Å². The van der Waals surface area contributed by atoms with Gasteiger partial charge in [-0.1, -0.05) is 60.7 Å². The zero-order valence-electron chi connectivity index (χ0n) is 23.5. The van der Waals surface area contributed by atoms with E-state index in [0.29, 0.717) is 54.0 Å². The van der Waals surface area contributed by atoms with Crippen LogP contribution in [0.2, 0.25) is 0 Å². The van der Waals surface area contributed by atoms with Crippen molar-refractivity contribution in [3.05, 3.63) is 120 Å². The predicted molar refractivity (Wildman–Crippen MR) is 169 cm³/mol. The Morgan fingerprint density at radius 2 is 1.49 bits per heavy atom. The van der Waals surface area contributed by atoms with Gasteiger partial charge in [0.2, 0.25) is 15.2 Å². The maximum absolute atomic E-state index is 13.6. The SMILES string of the molecule is CS(=O)(=O)Nc1ccc(-c2nsc(NC(=O)N(CCc3ncccn3)CCC(c3ccccc3)c3ccccc3)n2)cc1. The van der Waals surface area contributed by atoms with Crippen LogP contribution in [0, 0.1) is 0 Å². The van der Waals surface area contributed by atoms with Crippen LogP contribution in [-0.4, -0.2) is 58.0 Å². The van der Waals surface area contributed by atoms with E-state index in [0.717, 1.165) is 17.8 Å². The summed E-state index contributed by atoms with van der Waals surface area (Å²) in [5.41, 5.74) is 3.51. The predicted octanol–water partition coefficient (Wildman–Crippen LogP) is 5.67. The van der Waals surface area contributed by atoms with E-state index < -0.39 is 10.0 Å². The number of carbonyl (C=O) groups excluding carboxylic acids is 1. The lowest BCUT2D eigenvalue weighted by atomic mass is 9.88.